The van der Waals surface area contributed by atoms with Crippen LogP contribution in [0.25, 0.3) is 5.32 Å². The first-order valence-corrected chi connectivity index (χ1v) is 10.0. The van der Waals surface area contributed by atoms with Crippen molar-refractivity contribution in [1.82, 2.24) is 4.90 Å². The number of nitrogens with zero attached hydrogens (tertiary/aromatic N) is 2. The van der Waals surface area contributed by atoms with Crippen LogP contribution in [0.5, 0.6) is 0 Å². The van der Waals surface area contributed by atoms with Gasteiger partial charge in [-0.15, -0.1) is 11.4 Å². The minimum atomic E-state index is -0.260. The van der Waals surface area contributed by atoms with Crippen molar-refractivity contribution in [2.45, 2.75) is 65.7 Å². The van der Waals surface area contributed by atoms with Crippen molar-refractivity contribution in [3.05, 3.63) is 47.4 Å². The topological polar surface area (TPSA) is 37.2 Å². The van der Waals surface area contributed by atoms with E-state index in [-0.39, 0.29) is 28.8 Å². The molecule has 1 rings (SSSR count). The minimum Gasteiger partial charge on any atom is -1.00 e. The van der Waals surface area contributed by atoms with Crippen LogP contribution in [0.1, 0.15) is 56.8 Å². The van der Waals surface area contributed by atoms with Gasteiger partial charge in [-0.25, -0.2) is 0 Å². The third-order valence-corrected chi connectivity index (χ3v) is 7.23. The van der Waals surface area contributed by atoms with Crippen LogP contribution in [-0.4, -0.2) is 34.8 Å². The summed E-state index contributed by atoms with van der Waals surface area (Å²) >= 11 is 0. The average Bonchev–Trinajstić information content (AvgIpc) is 2.50. The summed E-state index contributed by atoms with van der Waals surface area (Å²) < 4.78 is 7.50. The van der Waals surface area contributed by atoms with Crippen molar-refractivity contribution in [3.8, 4) is 0 Å². The van der Waals surface area contributed by atoms with Gasteiger partial charge in [0.05, 0.1) is 0 Å². The summed E-state index contributed by atoms with van der Waals surface area (Å²) in [4.78, 5) is 2.41. The number of hydrogen-bond acceptors (Lipinski definition) is 1. The van der Waals surface area contributed by atoms with Crippen LogP contribution in [0.4, 0.5) is 0 Å². The van der Waals surface area contributed by atoms with Gasteiger partial charge in [-0.1, -0.05) is 87.4 Å². The molecule has 0 amide bonds. The molecule has 0 aromatic rings. The third-order valence-electron chi connectivity index (χ3n) is 3.82. The molecule has 1 aliphatic heterocycles. The predicted octanol–water partition coefficient (Wildman–Crippen LogP) is 6.15. The van der Waals surface area contributed by atoms with Gasteiger partial charge < -0.3 is 11.6 Å². The van der Waals surface area contributed by atoms with Gasteiger partial charge in [-0.2, -0.15) is 0 Å². The fraction of sp³-hybridized carbons (Fsp3) is 0.650. The molecule has 0 bridgehead atoms. The summed E-state index contributed by atoms with van der Waals surface area (Å²) in [6.45, 7) is 26.1. The van der Waals surface area contributed by atoms with Crippen LogP contribution >= 0.6 is 7.92 Å². The van der Waals surface area contributed by atoms with E-state index in [1.807, 2.05) is 0 Å². The molecule has 0 spiro atoms. The van der Waals surface area contributed by atoms with E-state index < -0.39 is 0 Å². The van der Waals surface area contributed by atoms with E-state index >= 15 is 0 Å². The Morgan fingerprint density at radius 3 is 2.00 bits per heavy atom. The molecular formula is C20H35N2OPRu. The van der Waals surface area contributed by atoms with Gasteiger partial charge in [-0.3, -0.25) is 0 Å². The van der Waals surface area contributed by atoms with Crippen LogP contribution in [0.2, 0.25) is 0 Å². The summed E-state index contributed by atoms with van der Waals surface area (Å²) in [6, 6.07) is 0. The normalized spacial score (nSPS) is 16.0. The molecule has 0 aromatic heterocycles. The van der Waals surface area contributed by atoms with E-state index in [2.05, 4.69) is 91.0 Å². The predicted molar refractivity (Wildman–Crippen MR) is 108 cm³/mol. The minimum absolute atomic E-state index is 0. The maximum Gasteiger partial charge on any atom is 2.00 e. The van der Waals surface area contributed by atoms with E-state index in [4.69, 9.17) is 9.97 Å². The summed E-state index contributed by atoms with van der Waals surface area (Å²) in [5, 5.41) is 5.49. The van der Waals surface area contributed by atoms with Gasteiger partial charge in [0.2, 0.25) is 0 Å². The molecule has 0 saturated carbocycles. The Morgan fingerprint density at radius 2 is 1.60 bits per heavy atom. The van der Waals surface area contributed by atoms with Crippen molar-refractivity contribution >= 4 is 7.92 Å². The first-order valence-electron chi connectivity index (χ1n) is 8.61. The molecule has 0 aromatic carbocycles. The first kappa shape index (κ1) is 27.0. The maximum absolute atomic E-state index is 7.50. The van der Waals surface area contributed by atoms with Gasteiger partial charge >= 0.3 is 30.8 Å². The van der Waals surface area contributed by atoms with E-state index in [0.717, 1.165) is 25.3 Å². The van der Waals surface area contributed by atoms with E-state index in [0.29, 0.717) is 10.3 Å². The average molecular weight is 452 g/mol. The van der Waals surface area contributed by atoms with Gasteiger partial charge in [0.1, 0.15) is 0 Å². The van der Waals surface area contributed by atoms with E-state index in [1.54, 1.807) is 0 Å². The van der Waals surface area contributed by atoms with Crippen molar-refractivity contribution < 1.29 is 25.6 Å². The number of allylic oxidation sites excluding steroid dienone is 3. The number of likely N-dealkylation sites (N-methyl/N-ethyl adjacent to an activating group) is 1. The Balaban J connectivity index is -0.00000127. The SMILES string of the molecule is CCN(CC)CC1=CC=CC(=CP(C(C)(C)C)C(C)(C)C)[N-]1.[C-]#[O+].[H-].[Ru+2]. The zero-order valence-corrected chi connectivity index (χ0v) is 19.7. The molecule has 1 heterocycles. The molecule has 5 heteroatoms. The van der Waals surface area contributed by atoms with Gasteiger partial charge in [-0.05, 0) is 23.4 Å². The van der Waals surface area contributed by atoms with Crippen molar-refractivity contribution in [1.29, 1.82) is 0 Å². The molecule has 0 aliphatic carbocycles. The number of hydrogen-bond donors (Lipinski definition) is 0. The quantitative estimate of drug-likeness (QED) is 0.214. The van der Waals surface area contributed by atoms with Gasteiger partial charge in [0.25, 0.3) is 0 Å². The fourth-order valence-corrected chi connectivity index (χ4v) is 6.06. The summed E-state index contributed by atoms with van der Waals surface area (Å²) in [7, 11) is -0.260. The van der Waals surface area contributed by atoms with Crippen LogP contribution in [0.3, 0.4) is 0 Å². The standard InChI is InChI=1S/C19H34N2P.CO.Ru.H/c1-9-21(10-2)14-16-12-11-13-17(20-16)15-22(18(3,4)5)19(6,7)8;1-2;;/h11-13,15H,9-10,14H2,1-8H3;;;/q-1;;+2;-1. The second-order valence-electron chi connectivity index (χ2n) is 7.86. The molecule has 25 heavy (non-hydrogen) atoms. The zero-order valence-electron chi connectivity index (χ0n) is 18.0. The smallest absolute Gasteiger partial charge is 1.00 e. The Bertz CT molecular complexity index is 484. The largest absolute Gasteiger partial charge is 2.00 e. The molecular weight excluding hydrogens is 416 g/mol. The van der Waals surface area contributed by atoms with Crippen LogP contribution < -0.4 is 0 Å². The second-order valence-corrected chi connectivity index (χ2v) is 11.5. The van der Waals surface area contributed by atoms with E-state index in [1.165, 1.54) is 5.70 Å². The van der Waals surface area contributed by atoms with Crippen molar-refractivity contribution in [3.63, 3.8) is 0 Å². The van der Waals surface area contributed by atoms with Crippen LogP contribution in [-0.2, 0) is 24.1 Å². The third kappa shape index (κ3) is 9.88. The maximum atomic E-state index is 7.50. The molecule has 0 unspecified atom stereocenters. The first-order chi connectivity index (χ1) is 11.1. The molecule has 0 saturated heterocycles. The summed E-state index contributed by atoms with van der Waals surface area (Å²) in [5.41, 5.74) is 2.32. The zero-order chi connectivity index (χ0) is 19.0. The molecule has 0 radical (unpaired) electrons. The molecule has 0 atom stereocenters. The molecule has 1 aliphatic rings. The Morgan fingerprint density at radius 1 is 1.12 bits per heavy atom. The van der Waals surface area contributed by atoms with E-state index in [9.17, 15) is 0 Å². The van der Waals surface area contributed by atoms with Crippen LogP contribution in [0.15, 0.2) is 35.4 Å². The van der Waals surface area contributed by atoms with Crippen molar-refractivity contribution in [2.24, 2.45) is 0 Å². The van der Waals surface area contributed by atoms with Gasteiger partial charge in [0, 0.05) is 6.54 Å². The second kappa shape index (κ2) is 12.2. The summed E-state index contributed by atoms with van der Waals surface area (Å²) in [5.74, 6) is 2.43. The van der Waals surface area contributed by atoms with Crippen LogP contribution in [0, 0.1) is 6.65 Å². The van der Waals surface area contributed by atoms with Crippen molar-refractivity contribution in [2.75, 3.05) is 19.6 Å². The fourth-order valence-electron chi connectivity index (χ4n) is 2.86. The molecule has 144 valence electrons. The van der Waals surface area contributed by atoms with Gasteiger partial charge in [0.15, 0.2) is 0 Å². The molecule has 3 nitrogen and oxygen atoms in total. The Kier molecular flexibility index (Phi) is 13.2. The monoisotopic (exact) mass is 452 g/mol. The Hall–Kier alpha value is -0.227. The number of rotatable bonds is 5. The Labute approximate surface area is 171 Å². The molecule has 0 N–H and O–H groups in total. The summed E-state index contributed by atoms with van der Waals surface area (Å²) in [6.07, 6.45) is 6.45. The molecule has 0 fully saturated rings.